The lowest BCUT2D eigenvalue weighted by atomic mass is 9.84. The zero-order chi connectivity index (χ0) is 31.0. The van der Waals surface area contributed by atoms with Gasteiger partial charge >= 0.3 is 0 Å². The molecule has 4 rings (SSSR count). The molecule has 0 saturated carbocycles. The van der Waals surface area contributed by atoms with Crippen LogP contribution in [0.5, 0.6) is 0 Å². The molecule has 1 aromatic heterocycles. The van der Waals surface area contributed by atoms with E-state index in [1.54, 1.807) is 12.1 Å². The largest absolute Gasteiger partial charge is 0.748 e. The topological polar surface area (TPSA) is 124 Å². The van der Waals surface area contributed by atoms with E-state index in [9.17, 15) is 25.9 Å². The van der Waals surface area contributed by atoms with Gasteiger partial charge in [-0.25, -0.2) is 17.6 Å². The molecule has 9 nitrogen and oxygen atoms in total. The summed E-state index contributed by atoms with van der Waals surface area (Å²) in [5.41, 5.74) is 4.10. The third-order valence-corrected chi connectivity index (χ3v) is 10.2. The Morgan fingerprint density at radius 2 is 1.76 bits per heavy atom. The number of hydrogen-bond donors (Lipinski definition) is 1. The zero-order valence-corrected chi connectivity index (χ0v) is 28.1. The van der Waals surface area contributed by atoms with E-state index in [4.69, 9.17) is 23.2 Å². The SMILES string of the molecule is CCn1c(/C=C/C=C2/N(CCCS(=O)(=O)[O-])c3ccc(Br)cc3C2(C)C)[n+](CCCS(=O)(=O)O)c2cc(Cl)c(Cl)cc21. The quantitative estimate of drug-likeness (QED) is 0.193. The summed E-state index contributed by atoms with van der Waals surface area (Å²) in [6.45, 7) is 7.41. The minimum Gasteiger partial charge on any atom is -0.748 e. The second-order valence-corrected chi connectivity index (χ2v) is 15.4. The first kappa shape index (κ1) is 33.0. The maximum atomic E-state index is 11.4. The van der Waals surface area contributed by atoms with Gasteiger partial charge in [0.15, 0.2) is 11.0 Å². The van der Waals surface area contributed by atoms with Crippen molar-refractivity contribution < 1.29 is 30.5 Å². The van der Waals surface area contributed by atoms with Crippen molar-refractivity contribution in [2.24, 2.45) is 0 Å². The fourth-order valence-corrected chi connectivity index (χ4v) is 7.17. The minimum atomic E-state index is -4.34. The Balaban J connectivity index is 1.79. The molecule has 1 N–H and O–H groups in total. The van der Waals surface area contributed by atoms with E-state index in [-0.39, 0.29) is 18.6 Å². The zero-order valence-electron chi connectivity index (χ0n) is 23.3. The summed E-state index contributed by atoms with van der Waals surface area (Å²) in [6.07, 6.45) is 6.15. The molecule has 1 aliphatic heterocycles. The van der Waals surface area contributed by atoms with E-state index < -0.39 is 31.4 Å². The van der Waals surface area contributed by atoms with Gasteiger partial charge in [0.1, 0.15) is 0 Å². The van der Waals surface area contributed by atoms with Gasteiger partial charge in [0.05, 0.1) is 39.0 Å². The number of fused-ring (bicyclic) bond motifs is 2. The summed E-state index contributed by atoms with van der Waals surface area (Å²) in [4.78, 5) is 2.05. The lowest BCUT2D eigenvalue weighted by molar-refractivity contribution is -0.673. The molecule has 42 heavy (non-hydrogen) atoms. The van der Waals surface area contributed by atoms with Crippen LogP contribution in [-0.4, -0.2) is 48.6 Å². The van der Waals surface area contributed by atoms with E-state index in [1.165, 1.54) is 0 Å². The molecular formula is C28H32BrCl2N3O6S2. The highest BCUT2D eigenvalue weighted by atomic mass is 79.9. The van der Waals surface area contributed by atoms with Crippen LogP contribution in [0.3, 0.4) is 0 Å². The van der Waals surface area contributed by atoms with Crippen LogP contribution < -0.4 is 9.47 Å². The van der Waals surface area contributed by atoms with Crippen LogP contribution in [0.2, 0.25) is 10.0 Å². The highest BCUT2D eigenvalue weighted by Crippen LogP contribution is 2.48. The third kappa shape index (κ3) is 7.23. The van der Waals surface area contributed by atoms with Gasteiger partial charge in [-0.15, -0.1) is 0 Å². The van der Waals surface area contributed by atoms with E-state index in [0.29, 0.717) is 29.7 Å². The van der Waals surface area contributed by atoms with Gasteiger partial charge < -0.3 is 9.45 Å². The van der Waals surface area contributed by atoms with E-state index >= 15 is 0 Å². The fourth-order valence-electron chi connectivity index (χ4n) is 5.52. The van der Waals surface area contributed by atoms with Crippen molar-refractivity contribution in [3.8, 4) is 0 Å². The van der Waals surface area contributed by atoms with Crippen LogP contribution in [0, 0.1) is 0 Å². The number of aromatic nitrogens is 2. The summed E-state index contributed by atoms with van der Waals surface area (Å²) in [5, 5.41) is 0.762. The summed E-state index contributed by atoms with van der Waals surface area (Å²) >= 11 is 16.2. The number of benzene rings is 2. The number of aryl methyl sites for hydroxylation is 2. The Morgan fingerprint density at radius 1 is 1.07 bits per heavy atom. The third-order valence-electron chi connectivity index (χ3n) is 7.38. The van der Waals surface area contributed by atoms with Gasteiger partial charge in [-0.1, -0.05) is 59.1 Å². The Hall–Kier alpha value is -1.93. The lowest BCUT2D eigenvalue weighted by Crippen LogP contribution is -2.37. The van der Waals surface area contributed by atoms with Crippen LogP contribution in [0.15, 0.2) is 52.7 Å². The van der Waals surface area contributed by atoms with Crippen molar-refractivity contribution in [2.45, 2.75) is 52.1 Å². The van der Waals surface area contributed by atoms with Crippen LogP contribution in [-0.2, 0) is 38.7 Å². The number of anilines is 1. The second kappa shape index (κ2) is 12.6. The van der Waals surface area contributed by atoms with Crippen molar-refractivity contribution in [3.63, 3.8) is 0 Å². The summed E-state index contributed by atoms with van der Waals surface area (Å²) in [6, 6.07) is 9.47. The van der Waals surface area contributed by atoms with Crippen molar-refractivity contribution in [1.82, 2.24) is 4.57 Å². The van der Waals surface area contributed by atoms with Gasteiger partial charge in [0, 0.05) is 58.2 Å². The summed E-state index contributed by atoms with van der Waals surface area (Å²) in [5.74, 6) is -0.0637. The van der Waals surface area contributed by atoms with Gasteiger partial charge in [-0.2, -0.15) is 8.42 Å². The van der Waals surface area contributed by atoms with Crippen LogP contribution in [0.4, 0.5) is 5.69 Å². The molecular weight excluding hydrogens is 689 g/mol. The first-order chi connectivity index (χ1) is 19.5. The molecule has 0 amide bonds. The molecule has 0 unspecified atom stereocenters. The molecule has 2 aromatic carbocycles. The van der Waals surface area contributed by atoms with Crippen molar-refractivity contribution in [1.29, 1.82) is 0 Å². The number of hydrogen-bond acceptors (Lipinski definition) is 6. The number of imidazole rings is 1. The molecule has 2 heterocycles. The fraction of sp³-hybridized carbons (Fsp3) is 0.393. The molecule has 14 heteroatoms. The second-order valence-electron chi connectivity index (χ2n) is 10.6. The molecule has 0 spiro atoms. The smallest absolute Gasteiger partial charge is 0.282 e. The van der Waals surface area contributed by atoms with E-state index in [0.717, 1.165) is 38.3 Å². The first-order valence-corrected chi connectivity index (χ1v) is 18.0. The Morgan fingerprint density at radius 3 is 2.40 bits per heavy atom. The van der Waals surface area contributed by atoms with Gasteiger partial charge in [-0.05, 0) is 43.2 Å². The standard InChI is InChI=1S/C28H32BrCl2N3O6S2/c1-4-32-24-17-21(30)22(31)18-25(24)34(13-7-15-42(38,39)40)27(32)9-5-8-26-28(2,3)20-16-19(29)10-11-23(20)33(26)12-6-14-41(35,36)37/h5,8-11,16-18H,4,6-7,12-15H2,1-3H3,(H-,35,36,37,38,39,40). The van der Waals surface area contributed by atoms with Crippen LogP contribution in [0.1, 0.15) is 45.0 Å². The van der Waals surface area contributed by atoms with E-state index in [2.05, 4.69) is 29.8 Å². The molecule has 0 aliphatic carbocycles. The van der Waals surface area contributed by atoms with Crippen molar-refractivity contribution in [3.05, 3.63) is 74.1 Å². The van der Waals surface area contributed by atoms with Crippen LogP contribution >= 0.6 is 39.1 Å². The highest BCUT2D eigenvalue weighted by Gasteiger charge is 2.39. The van der Waals surface area contributed by atoms with Crippen LogP contribution in [0.25, 0.3) is 17.1 Å². The number of nitrogens with zero attached hydrogens (tertiary/aromatic N) is 3. The predicted octanol–water partition coefficient (Wildman–Crippen LogP) is 5.93. The number of rotatable bonds is 11. The molecule has 0 radical (unpaired) electrons. The van der Waals surface area contributed by atoms with Gasteiger partial charge in [-0.3, -0.25) is 4.55 Å². The van der Waals surface area contributed by atoms with Gasteiger partial charge in [0.25, 0.3) is 15.9 Å². The molecule has 0 saturated heterocycles. The average molecular weight is 722 g/mol. The molecule has 0 atom stereocenters. The van der Waals surface area contributed by atoms with Crippen molar-refractivity contribution >= 4 is 82.2 Å². The maximum Gasteiger partial charge on any atom is 0.282 e. The van der Waals surface area contributed by atoms with E-state index in [1.807, 2.05) is 57.4 Å². The highest BCUT2D eigenvalue weighted by molar-refractivity contribution is 9.10. The normalized spacial score (nSPS) is 16.3. The Bertz CT molecular complexity index is 1800. The number of allylic oxidation sites excluding steroid dienone is 3. The monoisotopic (exact) mass is 719 g/mol. The Labute approximate surface area is 265 Å². The average Bonchev–Trinajstić information content (AvgIpc) is 3.25. The molecule has 1 aliphatic rings. The molecule has 228 valence electrons. The minimum absolute atomic E-state index is 0.178. The van der Waals surface area contributed by atoms with Gasteiger partial charge in [0.2, 0.25) is 0 Å². The molecule has 3 aromatic rings. The molecule has 0 fully saturated rings. The predicted molar refractivity (Wildman–Crippen MR) is 170 cm³/mol. The summed E-state index contributed by atoms with van der Waals surface area (Å²) in [7, 11) is -8.47. The lowest BCUT2D eigenvalue weighted by Gasteiger charge is -2.27. The summed E-state index contributed by atoms with van der Waals surface area (Å²) < 4.78 is 70.9. The Kier molecular flexibility index (Phi) is 9.88. The van der Waals surface area contributed by atoms with Crippen molar-refractivity contribution in [2.75, 3.05) is 23.0 Å². The molecule has 0 bridgehead atoms. The first-order valence-electron chi connectivity index (χ1n) is 13.3. The maximum absolute atomic E-state index is 11.4. The number of halogens is 3.